The number of aliphatic hydroxyl groups is 4. The second-order valence-corrected chi connectivity index (χ2v) is 25.3. The first kappa shape index (κ1) is 79.4. The lowest BCUT2D eigenvalue weighted by Gasteiger charge is -2.25. The quantitative estimate of drug-likeness (QED) is 0.0123. The molecular weight excluding hydrogens is 1220 g/mol. The average molecular weight is 1330 g/mol. The molecule has 96 heavy (non-hydrogen) atoms. The van der Waals surface area contributed by atoms with Gasteiger partial charge in [0.2, 0.25) is 0 Å². The van der Waals surface area contributed by atoms with Crippen molar-refractivity contribution in [1.82, 2.24) is 0 Å². The van der Waals surface area contributed by atoms with Crippen LogP contribution in [0.5, 0.6) is 23.0 Å². The molecule has 0 spiro atoms. The predicted molar refractivity (Wildman–Crippen MR) is 378 cm³/mol. The number of unbranched alkanes of at least 4 members (excludes halogenated alkanes) is 12. The Morgan fingerprint density at radius 1 is 0.292 bits per heavy atom. The zero-order chi connectivity index (χ0) is 69.5. The van der Waals surface area contributed by atoms with Crippen LogP contribution in [0.15, 0.2) is 97.1 Å². The van der Waals surface area contributed by atoms with Crippen LogP contribution in [0, 0.1) is 0 Å². The number of esters is 4. The monoisotopic (exact) mass is 1330 g/mol. The third-order valence-corrected chi connectivity index (χ3v) is 17.0. The van der Waals surface area contributed by atoms with Gasteiger partial charge >= 0.3 is 23.9 Å². The Labute approximate surface area is 572 Å². The molecule has 0 fully saturated rings. The summed E-state index contributed by atoms with van der Waals surface area (Å²) in [5.41, 5.74) is 11.5. The zero-order valence-corrected chi connectivity index (χ0v) is 58.4. The third-order valence-electron chi connectivity index (χ3n) is 17.0. The summed E-state index contributed by atoms with van der Waals surface area (Å²) >= 11 is 0. The van der Waals surface area contributed by atoms with E-state index in [1.165, 1.54) is 0 Å². The van der Waals surface area contributed by atoms with Gasteiger partial charge in [0.15, 0.2) is 0 Å². The second-order valence-electron chi connectivity index (χ2n) is 25.3. The minimum Gasteiger partial charge on any atom is -0.493 e. The zero-order valence-electron chi connectivity index (χ0n) is 58.4. The van der Waals surface area contributed by atoms with Gasteiger partial charge in [-0.1, -0.05) is 180 Å². The molecule has 0 saturated carbocycles. The van der Waals surface area contributed by atoms with Gasteiger partial charge in [-0.15, -0.1) is 0 Å². The fourth-order valence-electron chi connectivity index (χ4n) is 11.7. The summed E-state index contributed by atoms with van der Waals surface area (Å²) in [6, 6.07) is 17.7. The third kappa shape index (κ3) is 27.3. The Hall–Kier alpha value is -7.24. The highest BCUT2D eigenvalue weighted by Crippen LogP contribution is 2.42. The van der Waals surface area contributed by atoms with E-state index in [1.54, 1.807) is 0 Å². The van der Waals surface area contributed by atoms with Gasteiger partial charge in [0.25, 0.3) is 0 Å². The van der Waals surface area contributed by atoms with Gasteiger partial charge in [0.05, 0.1) is 102 Å². The number of rotatable bonds is 48. The molecule has 0 atom stereocenters. The van der Waals surface area contributed by atoms with Crippen LogP contribution in [0.1, 0.15) is 223 Å². The molecule has 4 N–H and O–H groups in total. The molecule has 0 heterocycles. The molecule has 8 bridgehead atoms. The number of aryl methyl sites for hydroxylation is 4. The summed E-state index contributed by atoms with van der Waals surface area (Å²) in [6.45, 7) is 23.8. The molecule has 0 radical (unpaired) electrons. The van der Waals surface area contributed by atoms with Crippen LogP contribution >= 0.6 is 0 Å². The minimum atomic E-state index is -0.644. The highest BCUT2D eigenvalue weighted by molar-refractivity contribution is 5.89. The first-order valence-electron chi connectivity index (χ1n) is 35.5. The van der Waals surface area contributed by atoms with Gasteiger partial charge in [0.1, 0.15) is 23.0 Å². The van der Waals surface area contributed by atoms with Crippen molar-refractivity contribution in [2.24, 2.45) is 0 Å². The van der Waals surface area contributed by atoms with Crippen LogP contribution in [-0.4, -0.2) is 124 Å². The van der Waals surface area contributed by atoms with Gasteiger partial charge in [0, 0.05) is 25.7 Å². The fourth-order valence-corrected chi connectivity index (χ4v) is 11.7. The van der Waals surface area contributed by atoms with E-state index < -0.39 is 50.3 Å². The molecule has 0 aromatic heterocycles. The van der Waals surface area contributed by atoms with E-state index in [-0.39, 0.29) is 48.7 Å². The van der Waals surface area contributed by atoms with Crippen molar-refractivity contribution < 1.29 is 77.5 Å². The molecule has 16 nitrogen and oxygen atoms in total. The Kier molecular flexibility index (Phi) is 37.5. The average Bonchev–Trinajstić information content (AvgIpc) is 0.780. The molecule has 1 aliphatic carbocycles. The molecule has 4 aromatic rings. The SMILES string of the molecule is C=C(CO)C(=O)OCCCc1cc2c(OCCCCCC)c(c1)Cc1cc(CCCOC(=O)C(=C)CO)cc(c1OCCCCCC)Cc1cc(CCCOC(=O)C(=C)CO)cc(c1OCCCCCC)Cc1cc(CCCOC(=O)C(=C)CO)cc(c1OCCCCCC)C2. The van der Waals surface area contributed by atoms with Gasteiger partial charge in [-0.2, -0.15) is 0 Å². The molecule has 0 aliphatic heterocycles. The van der Waals surface area contributed by atoms with E-state index in [4.69, 9.17) is 37.9 Å². The first-order chi connectivity index (χ1) is 46.6. The Morgan fingerprint density at radius 3 is 0.646 bits per heavy atom. The molecule has 16 heteroatoms. The lowest BCUT2D eigenvalue weighted by Crippen LogP contribution is -2.13. The topological polar surface area (TPSA) is 223 Å². The summed E-state index contributed by atoms with van der Waals surface area (Å²) in [5.74, 6) is 0.487. The van der Waals surface area contributed by atoms with Crippen molar-refractivity contribution in [3.05, 3.63) is 164 Å². The number of hydrogen-bond acceptors (Lipinski definition) is 16. The first-order valence-corrected chi connectivity index (χ1v) is 35.5. The highest BCUT2D eigenvalue weighted by Gasteiger charge is 2.26. The summed E-state index contributed by atoms with van der Waals surface area (Å²) in [7, 11) is 0. The molecule has 0 unspecified atom stereocenters. The lowest BCUT2D eigenvalue weighted by atomic mass is 9.87. The van der Waals surface area contributed by atoms with E-state index in [2.05, 4.69) is 103 Å². The smallest absolute Gasteiger partial charge is 0.335 e. The number of fused-ring (bicyclic) bond motifs is 8. The maximum atomic E-state index is 12.8. The van der Waals surface area contributed by atoms with Gasteiger partial charge in [-0.25, -0.2) is 19.2 Å². The van der Waals surface area contributed by atoms with Crippen molar-refractivity contribution in [1.29, 1.82) is 0 Å². The van der Waals surface area contributed by atoms with E-state index in [9.17, 15) is 39.6 Å². The minimum absolute atomic E-state index is 0.0158. The van der Waals surface area contributed by atoms with Crippen molar-refractivity contribution in [2.45, 2.75) is 207 Å². The van der Waals surface area contributed by atoms with Crippen LogP contribution in [0.3, 0.4) is 0 Å². The molecule has 5 rings (SSSR count). The van der Waals surface area contributed by atoms with E-state index in [1.807, 2.05) is 0 Å². The maximum Gasteiger partial charge on any atom is 0.335 e. The molecule has 1 aliphatic rings. The van der Waals surface area contributed by atoms with Crippen LogP contribution in [0.4, 0.5) is 0 Å². The summed E-state index contributed by atoms with van der Waals surface area (Å²) in [5, 5.41) is 38.7. The number of benzene rings is 4. The van der Waals surface area contributed by atoms with Crippen molar-refractivity contribution in [2.75, 3.05) is 79.3 Å². The lowest BCUT2D eigenvalue weighted by molar-refractivity contribution is -0.140. The van der Waals surface area contributed by atoms with Gasteiger partial charge < -0.3 is 58.3 Å². The molecule has 0 saturated heterocycles. The molecule has 528 valence electrons. The standard InChI is InChI=1S/C80H112O16/c1-9-13-17-21-33-89-73-65-41-61(29-25-37-93-77(85)57(5)53-81)42-66(73)50-68-44-63(31-27-39-95-79(87)59(7)55-83)46-70(75(68)91-35-23-19-15-11-3)52-72-48-64(32-28-40-96-80(88)60(8)56-84)47-71(76(72)92-36-24-20-16-12-4)51-69-45-62(30-26-38-94-78(86)58(6)54-82)43-67(49-65)74(69)90-34-22-18-14-10-2/h41-48,81-84H,5-40,49-56H2,1-4H3. The van der Waals surface area contributed by atoms with Crippen LogP contribution in [-0.2, 0) is 89.5 Å². The van der Waals surface area contributed by atoms with E-state index in [0.29, 0.717) is 103 Å². The summed E-state index contributed by atoms with van der Waals surface area (Å²) in [6.07, 6.45) is 21.6. The summed E-state index contributed by atoms with van der Waals surface area (Å²) < 4.78 is 51.3. The molecule has 4 aromatic carbocycles. The summed E-state index contributed by atoms with van der Waals surface area (Å²) in [4.78, 5) is 51.1. The highest BCUT2D eigenvalue weighted by atomic mass is 16.5. The number of ether oxygens (including phenoxy) is 8. The van der Waals surface area contributed by atoms with Crippen LogP contribution in [0.2, 0.25) is 0 Å². The van der Waals surface area contributed by atoms with Crippen molar-refractivity contribution >= 4 is 23.9 Å². The second kappa shape index (κ2) is 45.3. The predicted octanol–water partition coefficient (Wildman–Crippen LogP) is 14.3. The van der Waals surface area contributed by atoms with Gasteiger partial charge in [-0.05, 0) is 144 Å². The number of carbonyl (C=O) groups excluding carboxylic acids is 4. The molecular formula is C80H112O16. The van der Waals surface area contributed by atoms with E-state index in [0.717, 1.165) is 192 Å². The number of carbonyl (C=O) groups is 4. The largest absolute Gasteiger partial charge is 0.493 e. The van der Waals surface area contributed by atoms with Gasteiger partial charge in [-0.3, -0.25) is 0 Å². The fraction of sp³-hybridized carbons (Fsp3) is 0.550. The van der Waals surface area contributed by atoms with Crippen molar-refractivity contribution in [3.8, 4) is 23.0 Å². The normalized spacial score (nSPS) is 11.8. The Morgan fingerprint density at radius 2 is 0.479 bits per heavy atom. The van der Waals surface area contributed by atoms with Crippen molar-refractivity contribution in [3.63, 3.8) is 0 Å². The van der Waals surface area contributed by atoms with Crippen LogP contribution in [0.25, 0.3) is 0 Å². The number of hydrogen-bond donors (Lipinski definition) is 4. The molecule has 0 amide bonds. The maximum absolute atomic E-state index is 12.8. The van der Waals surface area contributed by atoms with Crippen LogP contribution < -0.4 is 18.9 Å². The Bertz CT molecular complexity index is 2630. The Balaban J connectivity index is 1.93. The van der Waals surface area contributed by atoms with E-state index >= 15 is 0 Å². The number of aliphatic hydroxyl groups excluding tert-OH is 4.